The number of carbonyl (C=O) groups excluding carboxylic acids is 1. The minimum absolute atomic E-state index is 0.427. The largest absolute Gasteiger partial charge is 0.444 e. The van der Waals surface area contributed by atoms with Crippen LogP contribution >= 0.6 is 0 Å². The zero-order chi connectivity index (χ0) is 22.5. The Morgan fingerprint density at radius 1 is 0.871 bits per heavy atom. The summed E-state index contributed by atoms with van der Waals surface area (Å²) in [6.45, 7) is 8.26. The predicted octanol–water partition coefficient (Wildman–Crippen LogP) is 3.59. The van der Waals surface area contributed by atoms with Gasteiger partial charge in [0, 0.05) is 26.7 Å². The van der Waals surface area contributed by atoms with Crippen molar-refractivity contribution in [2.75, 3.05) is 20.1 Å². The summed E-state index contributed by atoms with van der Waals surface area (Å²) in [5, 5.41) is 9.16. The van der Waals surface area contributed by atoms with Crippen LogP contribution in [-0.4, -0.2) is 37.8 Å². The van der Waals surface area contributed by atoms with Crippen LogP contribution in [-0.2, 0) is 29.2 Å². The zero-order valence-corrected chi connectivity index (χ0v) is 18.9. The fraction of sp³-hybridized carbons (Fsp3) is 0.417. The van der Waals surface area contributed by atoms with E-state index < -0.39 is 11.7 Å². The summed E-state index contributed by atoms with van der Waals surface area (Å²) in [5.41, 5.74) is 2.92. The minimum Gasteiger partial charge on any atom is -0.444 e. The molecular weight excluding hydrogens is 392 g/mol. The first-order valence-corrected chi connectivity index (χ1v) is 10.5. The number of carbonyl (C=O) groups is 1. The number of guanidine groups is 1. The van der Waals surface area contributed by atoms with Crippen molar-refractivity contribution in [2.45, 2.75) is 46.1 Å². The highest BCUT2D eigenvalue weighted by Gasteiger charge is 2.15. The summed E-state index contributed by atoms with van der Waals surface area (Å²) >= 11 is 0. The average Bonchev–Trinajstić information content (AvgIpc) is 2.73. The Bertz CT molecular complexity index is 832. The molecule has 0 atom stereocenters. The molecule has 0 saturated heterocycles. The summed E-state index contributed by atoms with van der Waals surface area (Å²) in [5.74, 6) is 0.664. The van der Waals surface area contributed by atoms with E-state index in [4.69, 9.17) is 9.47 Å². The van der Waals surface area contributed by atoms with Gasteiger partial charge in [-0.15, -0.1) is 0 Å². The topological polar surface area (TPSA) is 84.0 Å². The van der Waals surface area contributed by atoms with Gasteiger partial charge in [-0.25, -0.2) is 4.79 Å². The highest BCUT2D eigenvalue weighted by molar-refractivity contribution is 5.79. The maximum absolute atomic E-state index is 11.7. The van der Waals surface area contributed by atoms with Crippen molar-refractivity contribution < 1.29 is 14.3 Å². The Balaban J connectivity index is 1.69. The maximum Gasteiger partial charge on any atom is 0.407 e. The molecule has 168 valence electrons. The van der Waals surface area contributed by atoms with Crippen LogP contribution in [0.25, 0.3) is 0 Å². The van der Waals surface area contributed by atoms with E-state index >= 15 is 0 Å². The molecule has 0 heterocycles. The molecule has 0 fully saturated rings. The lowest BCUT2D eigenvalue weighted by molar-refractivity contribution is 0.0529. The molecule has 0 aromatic heterocycles. The number of hydrogen-bond donors (Lipinski definition) is 3. The van der Waals surface area contributed by atoms with Gasteiger partial charge in [-0.2, -0.15) is 0 Å². The molecule has 2 rings (SSSR count). The Morgan fingerprint density at radius 3 is 2.23 bits per heavy atom. The molecule has 31 heavy (non-hydrogen) atoms. The van der Waals surface area contributed by atoms with E-state index in [2.05, 4.69) is 51.3 Å². The Kier molecular flexibility index (Phi) is 9.84. The molecule has 7 nitrogen and oxygen atoms in total. The lowest BCUT2D eigenvalue weighted by Gasteiger charge is -2.20. The van der Waals surface area contributed by atoms with Crippen molar-refractivity contribution in [1.29, 1.82) is 0 Å². The van der Waals surface area contributed by atoms with Gasteiger partial charge in [0.25, 0.3) is 0 Å². The van der Waals surface area contributed by atoms with Gasteiger partial charge in [0.2, 0.25) is 0 Å². The van der Waals surface area contributed by atoms with Crippen molar-refractivity contribution in [2.24, 2.45) is 4.99 Å². The van der Waals surface area contributed by atoms with Crippen molar-refractivity contribution in [3.63, 3.8) is 0 Å². The third-order valence-electron chi connectivity index (χ3n) is 4.14. The standard InChI is InChI=1S/C24H34N4O3/c1-24(2,3)31-23(29)27-14-13-26-22(25-4)28-16-20-11-8-12-21(15-20)18-30-17-19-9-6-5-7-10-19/h5-12,15H,13-14,16-18H2,1-4H3,(H,27,29)(H2,25,26,28). The molecule has 0 aliphatic rings. The van der Waals surface area contributed by atoms with Gasteiger partial charge < -0.3 is 25.4 Å². The predicted molar refractivity (Wildman–Crippen MR) is 124 cm³/mol. The quantitative estimate of drug-likeness (QED) is 0.324. The summed E-state index contributed by atoms with van der Waals surface area (Å²) < 4.78 is 11.0. The molecule has 1 amide bonds. The molecule has 2 aromatic carbocycles. The second-order valence-electron chi connectivity index (χ2n) is 8.08. The second kappa shape index (κ2) is 12.6. The van der Waals surface area contributed by atoms with Crippen LogP contribution in [0.3, 0.4) is 0 Å². The van der Waals surface area contributed by atoms with E-state index in [0.717, 1.165) is 16.7 Å². The van der Waals surface area contributed by atoms with Crippen molar-refractivity contribution in [1.82, 2.24) is 16.0 Å². The average molecular weight is 427 g/mol. The van der Waals surface area contributed by atoms with Crippen LogP contribution in [0.4, 0.5) is 4.79 Å². The number of amides is 1. The van der Waals surface area contributed by atoms with Crippen molar-refractivity contribution in [3.8, 4) is 0 Å². The first-order chi connectivity index (χ1) is 14.9. The summed E-state index contributed by atoms with van der Waals surface area (Å²) in [7, 11) is 1.71. The second-order valence-corrected chi connectivity index (χ2v) is 8.08. The fourth-order valence-electron chi connectivity index (χ4n) is 2.76. The van der Waals surface area contributed by atoms with Crippen LogP contribution in [0.1, 0.15) is 37.5 Å². The molecule has 0 spiro atoms. The maximum atomic E-state index is 11.7. The molecule has 0 radical (unpaired) electrons. The number of nitrogens with zero attached hydrogens (tertiary/aromatic N) is 1. The lowest BCUT2D eigenvalue weighted by Crippen LogP contribution is -2.42. The van der Waals surface area contributed by atoms with Crippen LogP contribution in [0.15, 0.2) is 59.6 Å². The van der Waals surface area contributed by atoms with Crippen LogP contribution in [0.5, 0.6) is 0 Å². The van der Waals surface area contributed by atoms with E-state index in [1.165, 1.54) is 0 Å². The van der Waals surface area contributed by atoms with E-state index in [0.29, 0.717) is 38.8 Å². The first kappa shape index (κ1) is 24.2. The van der Waals surface area contributed by atoms with E-state index in [1.807, 2.05) is 45.0 Å². The van der Waals surface area contributed by atoms with Gasteiger partial charge in [-0.05, 0) is 37.5 Å². The molecule has 0 saturated carbocycles. The number of benzene rings is 2. The minimum atomic E-state index is -0.504. The Hall–Kier alpha value is -3.06. The molecule has 0 bridgehead atoms. The molecule has 2 aromatic rings. The Morgan fingerprint density at radius 2 is 1.52 bits per heavy atom. The molecule has 0 aliphatic carbocycles. The number of hydrogen-bond acceptors (Lipinski definition) is 4. The van der Waals surface area contributed by atoms with Crippen molar-refractivity contribution >= 4 is 12.1 Å². The Labute approximate surface area is 185 Å². The van der Waals surface area contributed by atoms with Crippen LogP contribution in [0.2, 0.25) is 0 Å². The lowest BCUT2D eigenvalue weighted by atomic mass is 10.1. The number of nitrogens with one attached hydrogen (secondary N) is 3. The van der Waals surface area contributed by atoms with Gasteiger partial charge in [-0.1, -0.05) is 54.6 Å². The molecule has 7 heteroatoms. The number of aliphatic imine (C=N–C) groups is 1. The monoisotopic (exact) mass is 426 g/mol. The van der Waals surface area contributed by atoms with Crippen LogP contribution in [0, 0.1) is 0 Å². The van der Waals surface area contributed by atoms with E-state index in [-0.39, 0.29) is 0 Å². The summed E-state index contributed by atoms with van der Waals surface area (Å²) in [4.78, 5) is 15.9. The summed E-state index contributed by atoms with van der Waals surface area (Å²) in [6.07, 6.45) is -0.427. The third-order valence-corrected chi connectivity index (χ3v) is 4.14. The molecule has 0 unspecified atom stereocenters. The van der Waals surface area contributed by atoms with E-state index in [9.17, 15) is 4.79 Å². The zero-order valence-electron chi connectivity index (χ0n) is 18.9. The van der Waals surface area contributed by atoms with Crippen molar-refractivity contribution in [3.05, 3.63) is 71.3 Å². The highest BCUT2D eigenvalue weighted by Crippen LogP contribution is 2.09. The SMILES string of the molecule is CN=C(NCCNC(=O)OC(C)(C)C)NCc1cccc(COCc2ccccc2)c1. The molecular formula is C24H34N4O3. The molecule has 3 N–H and O–H groups in total. The fourth-order valence-corrected chi connectivity index (χ4v) is 2.76. The number of rotatable bonds is 9. The van der Waals surface area contributed by atoms with Gasteiger partial charge in [0.1, 0.15) is 5.60 Å². The smallest absolute Gasteiger partial charge is 0.407 e. The number of alkyl carbamates (subject to hydrolysis) is 1. The van der Waals surface area contributed by atoms with E-state index in [1.54, 1.807) is 7.05 Å². The van der Waals surface area contributed by atoms with Crippen LogP contribution < -0.4 is 16.0 Å². The highest BCUT2D eigenvalue weighted by atomic mass is 16.6. The van der Waals surface area contributed by atoms with Gasteiger partial charge in [0.15, 0.2) is 5.96 Å². The normalized spacial score (nSPS) is 11.7. The molecule has 0 aliphatic heterocycles. The first-order valence-electron chi connectivity index (χ1n) is 10.5. The third kappa shape index (κ3) is 10.5. The number of ether oxygens (including phenoxy) is 2. The summed E-state index contributed by atoms with van der Waals surface area (Å²) in [6, 6.07) is 18.4. The van der Waals surface area contributed by atoms with Gasteiger partial charge >= 0.3 is 6.09 Å². The van der Waals surface area contributed by atoms with Gasteiger partial charge in [0.05, 0.1) is 13.2 Å². The van der Waals surface area contributed by atoms with Gasteiger partial charge in [-0.3, -0.25) is 4.99 Å².